The molecule has 4 rings (SSSR count). The lowest BCUT2D eigenvalue weighted by Gasteiger charge is -2.13. The first-order chi connectivity index (χ1) is 15.5. The number of rotatable bonds is 7. The summed E-state index contributed by atoms with van der Waals surface area (Å²) in [4.78, 5) is 37.3. The third-order valence-electron chi connectivity index (χ3n) is 5.05. The number of furan rings is 1. The lowest BCUT2D eigenvalue weighted by atomic mass is 10.1. The highest BCUT2D eigenvalue weighted by Crippen LogP contribution is 2.36. The smallest absolute Gasteiger partial charge is 0.298 e. The van der Waals surface area contributed by atoms with Crippen molar-refractivity contribution in [3.05, 3.63) is 87.0 Å². The van der Waals surface area contributed by atoms with Crippen LogP contribution in [-0.4, -0.2) is 16.1 Å². The Balaban J connectivity index is 1.53. The molecule has 0 spiro atoms. The third kappa shape index (κ3) is 4.50. The van der Waals surface area contributed by atoms with E-state index in [1.165, 1.54) is 23.8 Å². The van der Waals surface area contributed by atoms with Crippen LogP contribution in [0.25, 0.3) is 17.4 Å². The Kier molecular flexibility index (Phi) is 6.23. The maximum absolute atomic E-state index is 12.9. The van der Waals surface area contributed by atoms with Gasteiger partial charge in [-0.2, -0.15) is 0 Å². The molecule has 1 fully saturated rings. The van der Waals surface area contributed by atoms with Gasteiger partial charge >= 0.3 is 0 Å². The van der Waals surface area contributed by atoms with Gasteiger partial charge in [0.15, 0.2) is 0 Å². The summed E-state index contributed by atoms with van der Waals surface area (Å²) in [7, 11) is 0. The highest BCUT2D eigenvalue weighted by molar-refractivity contribution is 8.19. The minimum Gasteiger partial charge on any atom is -0.457 e. The summed E-state index contributed by atoms with van der Waals surface area (Å²) >= 11 is 0.850. The van der Waals surface area contributed by atoms with Crippen LogP contribution in [0.5, 0.6) is 0 Å². The minimum absolute atomic E-state index is 0.0396. The molecule has 2 amide bonds. The summed E-state index contributed by atoms with van der Waals surface area (Å²) in [6.45, 7) is 2.13. The number of nitrogens with zero attached hydrogens (tertiary/aromatic N) is 2. The molecule has 1 aliphatic heterocycles. The quantitative estimate of drug-likeness (QED) is 0.235. The maximum Gasteiger partial charge on any atom is 0.298 e. The molecule has 2 aromatic carbocycles. The average molecular weight is 449 g/mol. The van der Waals surface area contributed by atoms with E-state index in [4.69, 9.17) is 4.42 Å². The number of hydrogen-bond donors (Lipinski definition) is 0. The van der Waals surface area contributed by atoms with Gasteiger partial charge in [0.1, 0.15) is 11.5 Å². The molecule has 0 radical (unpaired) electrons. The molecule has 1 aliphatic rings. The summed E-state index contributed by atoms with van der Waals surface area (Å²) in [5.41, 5.74) is 2.22. The molecular formula is C24H20N2O5S. The third-order valence-corrected chi connectivity index (χ3v) is 5.92. The van der Waals surface area contributed by atoms with Gasteiger partial charge in [-0.1, -0.05) is 37.6 Å². The van der Waals surface area contributed by atoms with Crippen LogP contribution >= 0.6 is 11.8 Å². The van der Waals surface area contributed by atoms with E-state index >= 15 is 0 Å². The molecular weight excluding hydrogens is 428 g/mol. The summed E-state index contributed by atoms with van der Waals surface area (Å²) < 4.78 is 5.75. The highest BCUT2D eigenvalue weighted by atomic mass is 32.2. The molecule has 0 bridgehead atoms. The van der Waals surface area contributed by atoms with E-state index in [1.807, 2.05) is 12.1 Å². The number of nitro benzene ring substituents is 1. The van der Waals surface area contributed by atoms with E-state index in [0.717, 1.165) is 35.9 Å². The van der Waals surface area contributed by atoms with Crippen LogP contribution in [0.1, 0.15) is 31.1 Å². The minimum atomic E-state index is -0.473. The summed E-state index contributed by atoms with van der Waals surface area (Å²) in [5, 5.41) is 10.6. The number of thioether (sulfide) groups is 1. The zero-order valence-electron chi connectivity index (χ0n) is 17.3. The molecule has 32 heavy (non-hydrogen) atoms. The molecule has 0 saturated carbocycles. The van der Waals surface area contributed by atoms with Gasteiger partial charge in [0, 0.05) is 23.8 Å². The molecule has 3 aromatic rings. The van der Waals surface area contributed by atoms with E-state index in [9.17, 15) is 19.7 Å². The van der Waals surface area contributed by atoms with Crippen molar-refractivity contribution in [2.45, 2.75) is 26.2 Å². The second-order valence-electron chi connectivity index (χ2n) is 7.30. The number of benzene rings is 2. The number of imide groups is 1. The van der Waals surface area contributed by atoms with E-state index in [2.05, 4.69) is 6.92 Å². The van der Waals surface area contributed by atoms with Crippen molar-refractivity contribution in [2.24, 2.45) is 0 Å². The Morgan fingerprint density at radius 2 is 1.88 bits per heavy atom. The number of aryl methyl sites for hydroxylation is 1. The Morgan fingerprint density at radius 3 is 2.59 bits per heavy atom. The molecule has 0 aliphatic carbocycles. The number of non-ortho nitro benzene ring substituents is 1. The normalized spacial score (nSPS) is 15.0. The first-order valence-corrected chi connectivity index (χ1v) is 11.0. The second kappa shape index (κ2) is 9.23. The number of anilines is 1. The second-order valence-corrected chi connectivity index (χ2v) is 8.29. The topological polar surface area (TPSA) is 93.7 Å². The number of unbranched alkanes of at least 4 members (excludes halogenated alkanes) is 1. The number of amides is 2. The molecule has 7 nitrogen and oxygen atoms in total. The van der Waals surface area contributed by atoms with Gasteiger partial charge in [-0.15, -0.1) is 0 Å². The zero-order valence-corrected chi connectivity index (χ0v) is 18.1. The van der Waals surface area contributed by atoms with Crippen molar-refractivity contribution in [2.75, 3.05) is 4.90 Å². The lowest BCUT2D eigenvalue weighted by Crippen LogP contribution is -2.27. The first kappa shape index (κ1) is 21.6. The molecule has 0 N–H and O–H groups in total. The highest BCUT2D eigenvalue weighted by Gasteiger charge is 2.36. The summed E-state index contributed by atoms with van der Waals surface area (Å²) in [6.07, 6.45) is 4.67. The SMILES string of the molecule is CCCCc1ccc(N2C(=O)S/C(=C/c3ccc(-c4cccc([N+](=O)[O-])c4)o3)C2=O)cc1. The largest absolute Gasteiger partial charge is 0.457 e. The van der Waals surface area contributed by atoms with Crippen LogP contribution < -0.4 is 4.90 Å². The van der Waals surface area contributed by atoms with E-state index in [1.54, 1.807) is 36.4 Å². The van der Waals surface area contributed by atoms with Crippen LogP contribution in [0.15, 0.2) is 70.0 Å². The Morgan fingerprint density at radius 1 is 1.09 bits per heavy atom. The zero-order chi connectivity index (χ0) is 22.7. The van der Waals surface area contributed by atoms with Crippen LogP contribution in [0.4, 0.5) is 16.2 Å². The van der Waals surface area contributed by atoms with Gasteiger partial charge in [0.05, 0.1) is 15.5 Å². The molecule has 162 valence electrons. The van der Waals surface area contributed by atoms with Gasteiger partial charge in [0.2, 0.25) is 0 Å². The first-order valence-electron chi connectivity index (χ1n) is 10.2. The van der Waals surface area contributed by atoms with Crippen LogP contribution in [0, 0.1) is 10.1 Å². The lowest BCUT2D eigenvalue weighted by molar-refractivity contribution is -0.384. The number of carbonyl (C=O) groups is 2. The van der Waals surface area contributed by atoms with Crippen LogP contribution in [0.2, 0.25) is 0 Å². The molecule has 1 saturated heterocycles. The standard InChI is InChI=1S/C24H20N2O5S/c1-2-3-5-16-8-10-18(11-9-16)25-23(27)22(32-24(25)28)15-20-12-13-21(31-20)17-6-4-7-19(14-17)26(29)30/h4,6-15H,2-3,5H2,1H3/b22-15+. The van der Waals surface area contributed by atoms with Gasteiger partial charge in [0.25, 0.3) is 16.8 Å². The van der Waals surface area contributed by atoms with Crippen molar-refractivity contribution >= 4 is 40.4 Å². The van der Waals surface area contributed by atoms with Crippen molar-refractivity contribution in [3.8, 4) is 11.3 Å². The Labute approximate surface area is 188 Å². The van der Waals surface area contributed by atoms with E-state index in [-0.39, 0.29) is 15.8 Å². The molecule has 2 heterocycles. The van der Waals surface area contributed by atoms with E-state index < -0.39 is 10.8 Å². The van der Waals surface area contributed by atoms with Crippen molar-refractivity contribution < 1.29 is 18.9 Å². The predicted octanol–water partition coefficient (Wildman–Crippen LogP) is 6.44. The molecule has 0 atom stereocenters. The number of hydrogen-bond acceptors (Lipinski definition) is 6. The molecule has 0 unspecified atom stereocenters. The van der Waals surface area contributed by atoms with Crippen LogP contribution in [-0.2, 0) is 11.2 Å². The van der Waals surface area contributed by atoms with Crippen molar-refractivity contribution in [1.29, 1.82) is 0 Å². The van der Waals surface area contributed by atoms with Crippen molar-refractivity contribution in [3.63, 3.8) is 0 Å². The maximum atomic E-state index is 12.9. The average Bonchev–Trinajstić information content (AvgIpc) is 3.37. The van der Waals surface area contributed by atoms with Gasteiger partial charge in [-0.05, 0) is 54.4 Å². The monoisotopic (exact) mass is 448 g/mol. The fraction of sp³-hybridized carbons (Fsp3) is 0.167. The van der Waals surface area contributed by atoms with Gasteiger partial charge in [-0.3, -0.25) is 19.7 Å². The van der Waals surface area contributed by atoms with E-state index in [0.29, 0.717) is 22.8 Å². The fourth-order valence-corrected chi connectivity index (χ4v) is 4.19. The Bertz CT molecular complexity index is 1210. The fourth-order valence-electron chi connectivity index (χ4n) is 3.37. The van der Waals surface area contributed by atoms with Crippen molar-refractivity contribution in [1.82, 2.24) is 0 Å². The predicted molar refractivity (Wildman–Crippen MR) is 124 cm³/mol. The van der Waals surface area contributed by atoms with Gasteiger partial charge < -0.3 is 4.42 Å². The van der Waals surface area contributed by atoms with Crippen LogP contribution in [0.3, 0.4) is 0 Å². The summed E-state index contributed by atoms with van der Waals surface area (Å²) in [6, 6.07) is 16.9. The Hall–Kier alpha value is -3.65. The molecule has 1 aromatic heterocycles. The number of carbonyl (C=O) groups excluding carboxylic acids is 2. The number of nitro groups is 1. The van der Waals surface area contributed by atoms with Gasteiger partial charge in [-0.25, -0.2) is 4.90 Å². The molecule has 8 heteroatoms. The summed E-state index contributed by atoms with van der Waals surface area (Å²) in [5.74, 6) is 0.406.